The lowest BCUT2D eigenvalue weighted by atomic mass is 10.3. The molecule has 0 spiro atoms. The number of sulfonamides is 1. The van der Waals surface area contributed by atoms with Crippen LogP contribution < -0.4 is 10.5 Å². The highest BCUT2D eigenvalue weighted by atomic mass is 32.2. The number of carbonyl (C=O) groups excluding carboxylic acids is 1. The highest BCUT2D eigenvalue weighted by molar-refractivity contribution is 7.89. The summed E-state index contributed by atoms with van der Waals surface area (Å²) >= 11 is 0. The number of aryl methyl sites for hydroxylation is 2. The highest BCUT2D eigenvalue weighted by Gasteiger charge is 2.16. The molecule has 0 radical (unpaired) electrons. The summed E-state index contributed by atoms with van der Waals surface area (Å²) < 4.78 is 37.2. The van der Waals surface area contributed by atoms with Gasteiger partial charge in [-0.3, -0.25) is 9.48 Å². The third kappa shape index (κ3) is 3.26. The number of primary sulfonamides is 1. The van der Waals surface area contributed by atoms with Gasteiger partial charge in [-0.05, 0) is 31.2 Å². The van der Waals surface area contributed by atoms with Crippen molar-refractivity contribution in [1.29, 1.82) is 0 Å². The van der Waals surface area contributed by atoms with Gasteiger partial charge in [-0.1, -0.05) is 0 Å². The highest BCUT2D eigenvalue weighted by Crippen LogP contribution is 2.18. The van der Waals surface area contributed by atoms with Gasteiger partial charge in [0.05, 0.1) is 5.69 Å². The Labute approximate surface area is 120 Å². The lowest BCUT2D eigenvalue weighted by Crippen LogP contribution is -2.17. The van der Waals surface area contributed by atoms with E-state index >= 15 is 0 Å². The number of anilines is 1. The van der Waals surface area contributed by atoms with E-state index in [1.54, 1.807) is 20.0 Å². The van der Waals surface area contributed by atoms with Crippen molar-refractivity contribution in [3.05, 3.63) is 41.5 Å². The van der Waals surface area contributed by atoms with Gasteiger partial charge in [0.1, 0.15) is 16.4 Å². The van der Waals surface area contributed by atoms with Crippen LogP contribution in [0.1, 0.15) is 16.2 Å². The summed E-state index contributed by atoms with van der Waals surface area (Å²) in [5.41, 5.74) is 1.07. The second kappa shape index (κ2) is 5.26. The van der Waals surface area contributed by atoms with Crippen LogP contribution in [0.2, 0.25) is 0 Å². The standard InChI is InChI=1S/C12H13FN4O3S/c1-7-5-10(17(2)16-7)12(18)15-8-3-4-11(9(13)6-8)21(14,19)20/h3-6H,1-2H3,(H,15,18)(H2,14,19,20). The fraction of sp³-hybridized carbons (Fsp3) is 0.167. The van der Waals surface area contributed by atoms with Crippen molar-refractivity contribution < 1.29 is 17.6 Å². The topological polar surface area (TPSA) is 107 Å². The molecule has 112 valence electrons. The molecule has 0 atom stereocenters. The Balaban J connectivity index is 2.27. The number of rotatable bonds is 3. The fourth-order valence-corrected chi connectivity index (χ4v) is 2.42. The van der Waals surface area contributed by atoms with E-state index < -0.39 is 26.6 Å². The summed E-state index contributed by atoms with van der Waals surface area (Å²) in [5.74, 6) is -1.52. The van der Waals surface area contributed by atoms with E-state index in [4.69, 9.17) is 5.14 Å². The van der Waals surface area contributed by atoms with Crippen molar-refractivity contribution in [3.8, 4) is 0 Å². The molecular weight excluding hydrogens is 299 g/mol. The Morgan fingerprint density at radius 2 is 2.05 bits per heavy atom. The third-order valence-corrected chi connectivity index (χ3v) is 3.68. The average molecular weight is 312 g/mol. The average Bonchev–Trinajstić information content (AvgIpc) is 2.67. The first-order chi connectivity index (χ1) is 9.68. The van der Waals surface area contributed by atoms with Gasteiger partial charge in [-0.2, -0.15) is 5.10 Å². The van der Waals surface area contributed by atoms with Crippen LogP contribution >= 0.6 is 0 Å². The van der Waals surface area contributed by atoms with Crippen LogP contribution in [0.4, 0.5) is 10.1 Å². The van der Waals surface area contributed by atoms with Gasteiger partial charge in [0.25, 0.3) is 5.91 Å². The second-order valence-electron chi connectivity index (χ2n) is 4.44. The molecule has 2 aromatic rings. The largest absolute Gasteiger partial charge is 0.321 e. The summed E-state index contributed by atoms with van der Waals surface area (Å²) in [4.78, 5) is 11.4. The molecule has 0 aliphatic carbocycles. The van der Waals surface area contributed by atoms with E-state index in [0.717, 1.165) is 12.1 Å². The fourth-order valence-electron chi connectivity index (χ4n) is 1.83. The van der Waals surface area contributed by atoms with Crippen LogP contribution in [-0.2, 0) is 17.1 Å². The Morgan fingerprint density at radius 1 is 1.38 bits per heavy atom. The number of carbonyl (C=O) groups is 1. The molecule has 0 unspecified atom stereocenters. The molecule has 1 aromatic carbocycles. The number of amides is 1. The molecule has 0 saturated carbocycles. The summed E-state index contributed by atoms with van der Waals surface area (Å²) in [6, 6.07) is 4.71. The third-order valence-electron chi connectivity index (χ3n) is 2.73. The Hall–Kier alpha value is -2.26. The smallest absolute Gasteiger partial charge is 0.273 e. The maximum absolute atomic E-state index is 13.7. The lowest BCUT2D eigenvalue weighted by Gasteiger charge is -2.07. The first kappa shape index (κ1) is 15.1. The van der Waals surface area contributed by atoms with Crippen molar-refractivity contribution in [2.45, 2.75) is 11.8 Å². The molecule has 0 aliphatic heterocycles. The number of nitrogens with zero attached hydrogens (tertiary/aromatic N) is 2. The summed E-state index contributed by atoms with van der Waals surface area (Å²) in [6.45, 7) is 1.73. The Bertz CT molecular complexity index is 814. The van der Waals surface area contributed by atoms with E-state index in [-0.39, 0.29) is 5.69 Å². The van der Waals surface area contributed by atoms with E-state index in [9.17, 15) is 17.6 Å². The first-order valence-electron chi connectivity index (χ1n) is 5.83. The molecule has 0 saturated heterocycles. The summed E-state index contributed by atoms with van der Waals surface area (Å²) in [6.07, 6.45) is 0. The number of aromatic nitrogens is 2. The van der Waals surface area contributed by atoms with Crippen LogP contribution in [0.25, 0.3) is 0 Å². The van der Waals surface area contributed by atoms with Crippen LogP contribution in [0.3, 0.4) is 0 Å². The van der Waals surface area contributed by atoms with E-state index in [2.05, 4.69) is 10.4 Å². The quantitative estimate of drug-likeness (QED) is 0.872. The van der Waals surface area contributed by atoms with Crippen molar-refractivity contribution in [3.63, 3.8) is 0 Å². The molecule has 0 fully saturated rings. The Morgan fingerprint density at radius 3 is 2.52 bits per heavy atom. The van der Waals surface area contributed by atoms with Crippen LogP contribution in [0.5, 0.6) is 0 Å². The Kier molecular flexibility index (Phi) is 3.79. The molecule has 0 bridgehead atoms. The van der Waals surface area contributed by atoms with Crippen molar-refractivity contribution in [1.82, 2.24) is 9.78 Å². The zero-order valence-electron chi connectivity index (χ0n) is 11.3. The zero-order chi connectivity index (χ0) is 15.8. The minimum absolute atomic E-state index is 0.115. The minimum atomic E-state index is -4.14. The van der Waals surface area contributed by atoms with Crippen LogP contribution in [-0.4, -0.2) is 24.1 Å². The van der Waals surface area contributed by atoms with Gasteiger partial charge in [0.15, 0.2) is 0 Å². The molecule has 1 heterocycles. The molecule has 9 heteroatoms. The predicted octanol–water partition coefficient (Wildman–Crippen LogP) is 0.767. The molecular formula is C12H13FN4O3S. The molecule has 7 nitrogen and oxygen atoms in total. The number of nitrogens with one attached hydrogen (secondary N) is 1. The summed E-state index contributed by atoms with van der Waals surface area (Å²) in [5, 5.41) is 11.3. The maximum Gasteiger partial charge on any atom is 0.273 e. The predicted molar refractivity (Wildman–Crippen MR) is 73.7 cm³/mol. The van der Waals surface area contributed by atoms with Crippen molar-refractivity contribution in [2.24, 2.45) is 12.2 Å². The number of nitrogens with two attached hydrogens (primary N) is 1. The van der Waals surface area contributed by atoms with Gasteiger partial charge in [-0.15, -0.1) is 0 Å². The number of hydrogen-bond acceptors (Lipinski definition) is 4. The monoisotopic (exact) mass is 312 g/mol. The normalized spacial score (nSPS) is 11.4. The lowest BCUT2D eigenvalue weighted by molar-refractivity contribution is 0.101. The van der Waals surface area contributed by atoms with Crippen molar-refractivity contribution in [2.75, 3.05) is 5.32 Å². The first-order valence-corrected chi connectivity index (χ1v) is 7.37. The van der Waals surface area contributed by atoms with Gasteiger partial charge in [0, 0.05) is 12.7 Å². The van der Waals surface area contributed by atoms with Gasteiger partial charge >= 0.3 is 0 Å². The molecule has 2 rings (SSSR count). The van der Waals surface area contributed by atoms with Gasteiger partial charge in [0.2, 0.25) is 10.0 Å². The molecule has 0 aliphatic rings. The molecule has 1 aromatic heterocycles. The number of benzene rings is 1. The van der Waals surface area contributed by atoms with Gasteiger partial charge < -0.3 is 5.32 Å². The van der Waals surface area contributed by atoms with E-state index in [1.165, 1.54) is 10.7 Å². The van der Waals surface area contributed by atoms with Gasteiger partial charge in [-0.25, -0.2) is 17.9 Å². The molecule has 3 N–H and O–H groups in total. The minimum Gasteiger partial charge on any atom is -0.321 e. The van der Waals surface area contributed by atoms with Crippen LogP contribution in [0.15, 0.2) is 29.2 Å². The zero-order valence-corrected chi connectivity index (χ0v) is 12.1. The van der Waals surface area contributed by atoms with Crippen LogP contribution in [0, 0.1) is 12.7 Å². The SMILES string of the molecule is Cc1cc(C(=O)Nc2ccc(S(N)(=O)=O)c(F)c2)n(C)n1. The molecule has 21 heavy (non-hydrogen) atoms. The number of halogens is 1. The van der Waals surface area contributed by atoms with Crippen molar-refractivity contribution >= 4 is 21.6 Å². The summed E-state index contributed by atoms with van der Waals surface area (Å²) in [7, 11) is -2.53. The number of hydrogen-bond donors (Lipinski definition) is 2. The second-order valence-corrected chi connectivity index (χ2v) is 5.97. The molecule has 1 amide bonds. The maximum atomic E-state index is 13.7. The van der Waals surface area contributed by atoms with E-state index in [1.807, 2.05) is 0 Å². The van der Waals surface area contributed by atoms with E-state index in [0.29, 0.717) is 11.4 Å².